The van der Waals surface area contributed by atoms with Gasteiger partial charge in [-0.3, -0.25) is 4.79 Å². The van der Waals surface area contributed by atoms with Crippen molar-refractivity contribution in [2.24, 2.45) is 5.92 Å². The zero-order valence-electron chi connectivity index (χ0n) is 17.5. The molecule has 9 heteroatoms. The molecule has 2 fully saturated rings. The second-order valence-electron chi connectivity index (χ2n) is 8.01. The lowest BCUT2D eigenvalue weighted by Crippen LogP contribution is -2.51. The standard InChI is InChI=1S/C21H28N4O5/c1-27-14-19-23-17(24-30-19)11-15-5-10-29-21(12-15)6-8-25(9-7-21)20(26)16-3-4-18(28-2)22-13-16/h3-4,13,15H,5-12,14H2,1-2H3. The number of nitrogens with zero attached hydrogens (tertiary/aromatic N) is 4. The lowest BCUT2D eigenvalue weighted by atomic mass is 9.78. The molecule has 162 valence electrons. The van der Waals surface area contributed by atoms with Crippen LogP contribution in [-0.2, 0) is 22.5 Å². The first-order valence-electron chi connectivity index (χ1n) is 10.3. The first kappa shape index (κ1) is 20.7. The van der Waals surface area contributed by atoms with E-state index in [1.807, 2.05) is 4.90 Å². The highest BCUT2D eigenvalue weighted by molar-refractivity contribution is 5.94. The third-order valence-corrected chi connectivity index (χ3v) is 6.00. The number of piperidine rings is 1. The highest BCUT2D eigenvalue weighted by Crippen LogP contribution is 2.38. The molecule has 2 aromatic heterocycles. The van der Waals surface area contributed by atoms with E-state index < -0.39 is 0 Å². The Hall–Kier alpha value is -2.52. The molecule has 4 rings (SSSR count). The molecule has 0 N–H and O–H groups in total. The van der Waals surface area contributed by atoms with Gasteiger partial charge in [-0.1, -0.05) is 5.16 Å². The molecule has 1 amide bonds. The van der Waals surface area contributed by atoms with Crippen molar-refractivity contribution < 1.29 is 23.5 Å². The zero-order valence-corrected chi connectivity index (χ0v) is 17.5. The molecule has 9 nitrogen and oxygen atoms in total. The van der Waals surface area contributed by atoms with Crippen LogP contribution in [0.4, 0.5) is 0 Å². The lowest BCUT2D eigenvalue weighted by Gasteiger charge is -2.46. The van der Waals surface area contributed by atoms with Crippen LogP contribution in [0.15, 0.2) is 22.9 Å². The van der Waals surface area contributed by atoms with Crippen LogP contribution in [0.5, 0.6) is 5.88 Å². The molecule has 2 aliphatic rings. The smallest absolute Gasteiger partial charge is 0.255 e. The Morgan fingerprint density at radius 3 is 2.83 bits per heavy atom. The summed E-state index contributed by atoms with van der Waals surface area (Å²) in [5, 5.41) is 4.07. The van der Waals surface area contributed by atoms with E-state index in [0.29, 0.717) is 42.9 Å². The van der Waals surface area contributed by atoms with E-state index in [1.165, 1.54) is 0 Å². The summed E-state index contributed by atoms with van der Waals surface area (Å²) in [5.74, 6) is 2.18. The monoisotopic (exact) mass is 416 g/mol. The van der Waals surface area contributed by atoms with Gasteiger partial charge in [0.25, 0.3) is 11.8 Å². The summed E-state index contributed by atoms with van der Waals surface area (Å²) in [5.41, 5.74) is 0.412. The van der Waals surface area contributed by atoms with E-state index in [1.54, 1.807) is 32.5 Å². The van der Waals surface area contributed by atoms with Crippen LogP contribution in [0.1, 0.15) is 47.8 Å². The average molecular weight is 416 g/mol. The number of methoxy groups -OCH3 is 2. The van der Waals surface area contributed by atoms with Gasteiger partial charge in [0.05, 0.1) is 18.3 Å². The number of amides is 1. The van der Waals surface area contributed by atoms with Gasteiger partial charge in [0.2, 0.25) is 5.88 Å². The number of hydrogen-bond acceptors (Lipinski definition) is 8. The number of rotatable bonds is 6. The van der Waals surface area contributed by atoms with Gasteiger partial charge < -0.3 is 23.6 Å². The van der Waals surface area contributed by atoms with Crippen molar-refractivity contribution in [3.8, 4) is 5.88 Å². The SMILES string of the molecule is COCc1nc(CC2CCOC3(CCN(C(=O)c4ccc(OC)nc4)CC3)C2)no1. The number of ether oxygens (including phenoxy) is 3. The minimum Gasteiger partial charge on any atom is -0.481 e. The van der Waals surface area contributed by atoms with Gasteiger partial charge in [-0.2, -0.15) is 4.98 Å². The number of carbonyl (C=O) groups excluding carboxylic acids is 1. The average Bonchev–Trinajstić information content (AvgIpc) is 3.21. The molecule has 30 heavy (non-hydrogen) atoms. The summed E-state index contributed by atoms with van der Waals surface area (Å²) in [4.78, 5) is 23.2. The Kier molecular flexibility index (Phi) is 6.29. The summed E-state index contributed by atoms with van der Waals surface area (Å²) < 4.78 is 21.5. The highest BCUT2D eigenvalue weighted by Gasteiger charge is 2.41. The molecule has 1 spiro atoms. The van der Waals surface area contributed by atoms with Crippen molar-refractivity contribution in [3.63, 3.8) is 0 Å². The molecule has 2 aliphatic heterocycles. The van der Waals surface area contributed by atoms with E-state index in [9.17, 15) is 4.79 Å². The van der Waals surface area contributed by atoms with Gasteiger partial charge in [0.1, 0.15) is 6.61 Å². The Balaban J connectivity index is 1.32. The second-order valence-corrected chi connectivity index (χ2v) is 8.01. The quantitative estimate of drug-likeness (QED) is 0.707. The van der Waals surface area contributed by atoms with E-state index in [-0.39, 0.29) is 11.5 Å². The minimum absolute atomic E-state index is 0.00447. The van der Waals surface area contributed by atoms with Gasteiger partial charge in [0, 0.05) is 45.5 Å². The van der Waals surface area contributed by atoms with Crippen molar-refractivity contribution in [2.45, 2.75) is 44.3 Å². The summed E-state index contributed by atoms with van der Waals surface area (Å²) in [6.07, 6.45) is 5.95. The topological polar surface area (TPSA) is 99.8 Å². The summed E-state index contributed by atoms with van der Waals surface area (Å²) in [6.45, 7) is 2.41. The Morgan fingerprint density at radius 1 is 1.30 bits per heavy atom. The molecule has 0 radical (unpaired) electrons. The molecule has 2 aromatic rings. The lowest BCUT2D eigenvalue weighted by molar-refractivity contribution is -0.123. The normalized spacial score (nSPS) is 21.0. The van der Waals surface area contributed by atoms with E-state index in [4.69, 9.17) is 18.7 Å². The van der Waals surface area contributed by atoms with Crippen LogP contribution in [0, 0.1) is 5.92 Å². The maximum absolute atomic E-state index is 12.8. The summed E-state index contributed by atoms with van der Waals surface area (Å²) in [6, 6.07) is 3.47. The van der Waals surface area contributed by atoms with Crippen molar-refractivity contribution in [1.82, 2.24) is 20.0 Å². The van der Waals surface area contributed by atoms with Crippen LogP contribution < -0.4 is 4.74 Å². The molecular weight excluding hydrogens is 388 g/mol. The largest absolute Gasteiger partial charge is 0.481 e. The van der Waals surface area contributed by atoms with E-state index in [2.05, 4.69) is 15.1 Å². The highest BCUT2D eigenvalue weighted by atomic mass is 16.5. The Morgan fingerprint density at radius 2 is 2.13 bits per heavy atom. The molecule has 1 atom stereocenters. The predicted octanol–water partition coefficient (Wildman–Crippen LogP) is 2.26. The summed E-state index contributed by atoms with van der Waals surface area (Å²) in [7, 11) is 3.16. The number of aromatic nitrogens is 3. The van der Waals surface area contributed by atoms with Gasteiger partial charge in [-0.05, 0) is 37.7 Å². The van der Waals surface area contributed by atoms with Crippen LogP contribution in [-0.4, -0.2) is 65.4 Å². The number of carbonyl (C=O) groups is 1. The Bertz CT molecular complexity index is 845. The first-order valence-corrected chi connectivity index (χ1v) is 10.3. The minimum atomic E-state index is -0.170. The number of likely N-dealkylation sites (tertiary alicyclic amines) is 1. The third kappa shape index (κ3) is 4.62. The number of hydrogen-bond donors (Lipinski definition) is 0. The molecule has 0 aliphatic carbocycles. The van der Waals surface area contributed by atoms with Crippen molar-refractivity contribution in [2.75, 3.05) is 33.9 Å². The molecular formula is C21H28N4O5. The van der Waals surface area contributed by atoms with Crippen LogP contribution >= 0.6 is 0 Å². The first-order chi connectivity index (χ1) is 14.6. The fourth-order valence-electron chi connectivity index (χ4n) is 4.39. The number of pyridine rings is 1. The molecule has 4 heterocycles. The molecule has 2 saturated heterocycles. The second kappa shape index (κ2) is 9.09. The van der Waals surface area contributed by atoms with Crippen molar-refractivity contribution in [3.05, 3.63) is 35.6 Å². The third-order valence-electron chi connectivity index (χ3n) is 6.00. The summed E-state index contributed by atoms with van der Waals surface area (Å²) >= 11 is 0. The Labute approximate surface area is 175 Å². The van der Waals surface area contributed by atoms with Gasteiger partial charge in [-0.25, -0.2) is 4.98 Å². The van der Waals surface area contributed by atoms with Crippen molar-refractivity contribution in [1.29, 1.82) is 0 Å². The van der Waals surface area contributed by atoms with Crippen LogP contribution in [0.3, 0.4) is 0 Å². The maximum atomic E-state index is 12.8. The van der Waals surface area contributed by atoms with Crippen LogP contribution in [0.25, 0.3) is 0 Å². The molecule has 1 unspecified atom stereocenters. The van der Waals surface area contributed by atoms with Gasteiger partial charge in [0.15, 0.2) is 5.82 Å². The molecule has 0 bridgehead atoms. The maximum Gasteiger partial charge on any atom is 0.255 e. The fourth-order valence-corrected chi connectivity index (χ4v) is 4.39. The van der Waals surface area contributed by atoms with E-state index >= 15 is 0 Å². The van der Waals surface area contributed by atoms with Gasteiger partial charge in [-0.15, -0.1) is 0 Å². The zero-order chi connectivity index (χ0) is 21.0. The van der Waals surface area contributed by atoms with E-state index in [0.717, 1.165) is 44.5 Å². The fraction of sp³-hybridized carbons (Fsp3) is 0.619. The molecule has 0 saturated carbocycles. The predicted molar refractivity (Wildman–Crippen MR) is 106 cm³/mol. The molecule has 0 aromatic carbocycles. The van der Waals surface area contributed by atoms with Gasteiger partial charge >= 0.3 is 0 Å². The van der Waals surface area contributed by atoms with Crippen molar-refractivity contribution >= 4 is 5.91 Å². The van der Waals surface area contributed by atoms with Crippen LogP contribution in [0.2, 0.25) is 0 Å².